The van der Waals surface area contributed by atoms with Crippen molar-refractivity contribution in [1.82, 2.24) is 0 Å². The van der Waals surface area contributed by atoms with Crippen molar-refractivity contribution in [2.45, 2.75) is 18.5 Å². The number of hydrogen-bond donors (Lipinski definition) is 0. The van der Waals surface area contributed by atoms with Gasteiger partial charge in [0, 0.05) is 16.9 Å². The zero-order valence-corrected chi connectivity index (χ0v) is 10.7. The Labute approximate surface area is 112 Å². The molecule has 0 aliphatic carbocycles. The molecule has 1 nitrogen and oxygen atoms in total. The smallest absolute Gasteiger partial charge is 0.294 e. The first-order chi connectivity index (χ1) is 8.98. The van der Waals surface area contributed by atoms with E-state index in [-0.39, 0.29) is 4.88 Å². The van der Waals surface area contributed by atoms with Crippen molar-refractivity contribution in [3.05, 3.63) is 58.3 Å². The van der Waals surface area contributed by atoms with Gasteiger partial charge in [0.25, 0.3) is 0 Å². The van der Waals surface area contributed by atoms with Crippen LogP contribution in [0.1, 0.15) is 27.6 Å². The van der Waals surface area contributed by atoms with Crippen LogP contribution in [-0.4, -0.2) is 12.0 Å². The zero-order chi connectivity index (χ0) is 13.9. The number of carbonyl (C=O) groups is 1. The Morgan fingerprint density at radius 3 is 2.32 bits per heavy atom. The van der Waals surface area contributed by atoms with Crippen LogP contribution < -0.4 is 0 Å². The fraction of sp³-hybridized carbons (Fsp3) is 0.214. The van der Waals surface area contributed by atoms with Gasteiger partial charge < -0.3 is 0 Å². The third kappa shape index (κ3) is 3.44. The first-order valence-corrected chi connectivity index (χ1v) is 6.55. The number of carbonyl (C=O) groups excluding carboxylic acids is 1. The second kappa shape index (κ2) is 5.57. The molecule has 0 aliphatic rings. The summed E-state index contributed by atoms with van der Waals surface area (Å²) < 4.78 is 39.0. The quantitative estimate of drug-likeness (QED) is 0.746. The van der Waals surface area contributed by atoms with Crippen LogP contribution >= 0.6 is 11.3 Å². The van der Waals surface area contributed by atoms with E-state index in [0.29, 0.717) is 5.56 Å². The number of alkyl halides is 3. The van der Waals surface area contributed by atoms with Gasteiger partial charge in [0.2, 0.25) is 0 Å². The maximum Gasteiger partial charge on any atom is 0.396 e. The summed E-state index contributed by atoms with van der Waals surface area (Å²) in [6, 6.07) is 11.0. The lowest BCUT2D eigenvalue weighted by atomic mass is 9.96. The van der Waals surface area contributed by atoms with E-state index in [9.17, 15) is 18.0 Å². The Morgan fingerprint density at radius 1 is 1.11 bits per heavy atom. The van der Waals surface area contributed by atoms with E-state index in [4.69, 9.17) is 0 Å². The molecule has 100 valence electrons. The second-order valence-corrected chi connectivity index (χ2v) is 5.08. The Balaban J connectivity index is 2.21. The van der Waals surface area contributed by atoms with E-state index in [1.54, 1.807) is 29.6 Å². The van der Waals surface area contributed by atoms with Crippen LogP contribution in [0, 0.1) is 0 Å². The van der Waals surface area contributed by atoms with Gasteiger partial charge in [0.05, 0.1) is 5.92 Å². The summed E-state index contributed by atoms with van der Waals surface area (Å²) in [6.45, 7) is 0. The normalized spacial score (nSPS) is 13.2. The van der Waals surface area contributed by atoms with Crippen molar-refractivity contribution in [1.29, 1.82) is 0 Å². The topological polar surface area (TPSA) is 17.1 Å². The highest BCUT2D eigenvalue weighted by Gasteiger charge is 2.42. The fourth-order valence-corrected chi connectivity index (χ4v) is 2.65. The number of thiophene rings is 1. The van der Waals surface area contributed by atoms with Crippen LogP contribution in [-0.2, 0) is 0 Å². The van der Waals surface area contributed by atoms with E-state index in [1.165, 1.54) is 18.2 Å². The summed E-state index contributed by atoms with van der Waals surface area (Å²) in [7, 11) is 0. The molecule has 0 aliphatic heterocycles. The third-order valence-electron chi connectivity index (χ3n) is 2.77. The van der Waals surface area contributed by atoms with Crippen LogP contribution in [0.5, 0.6) is 0 Å². The van der Waals surface area contributed by atoms with Crippen molar-refractivity contribution in [3.63, 3.8) is 0 Å². The maximum absolute atomic E-state index is 13.0. The highest BCUT2D eigenvalue weighted by molar-refractivity contribution is 7.10. The van der Waals surface area contributed by atoms with Gasteiger partial charge in [0.1, 0.15) is 0 Å². The molecular weight excluding hydrogens is 273 g/mol. The molecule has 0 saturated carbocycles. The van der Waals surface area contributed by atoms with Crippen LogP contribution in [0.2, 0.25) is 0 Å². The fourth-order valence-electron chi connectivity index (χ4n) is 1.79. The molecular formula is C14H11F3OS. The van der Waals surface area contributed by atoms with Gasteiger partial charge in [0.15, 0.2) is 5.78 Å². The molecule has 5 heteroatoms. The summed E-state index contributed by atoms with van der Waals surface area (Å²) in [4.78, 5) is 12.1. The van der Waals surface area contributed by atoms with Gasteiger partial charge in [-0.3, -0.25) is 4.79 Å². The molecule has 1 aromatic heterocycles. The number of ketones is 1. The lowest BCUT2D eigenvalue weighted by molar-refractivity contribution is -0.149. The molecule has 0 amide bonds. The van der Waals surface area contributed by atoms with E-state index in [2.05, 4.69) is 0 Å². The van der Waals surface area contributed by atoms with Crippen molar-refractivity contribution in [2.24, 2.45) is 0 Å². The first kappa shape index (κ1) is 13.8. The van der Waals surface area contributed by atoms with Gasteiger partial charge in [-0.15, -0.1) is 11.3 Å². The molecule has 1 aromatic carbocycles. The van der Waals surface area contributed by atoms with Gasteiger partial charge in [-0.05, 0) is 11.4 Å². The third-order valence-corrected chi connectivity index (χ3v) is 3.75. The van der Waals surface area contributed by atoms with Gasteiger partial charge >= 0.3 is 6.18 Å². The lowest BCUT2D eigenvalue weighted by Crippen LogP contribution is -2.23. The highest BCUT2D eigenvalue weighted by Crippen LogP contribution is 2.40. The minimum atomic E-state index is -4.41. The summed E-state index contributed by atoms with van der Waals surface area (Å²) in [5.74, 6) is -2.21. The van der Waals surface area contributed by atoms with E-state index in [1.807, 2.05) is 0 Å². The molecule has 0 bridgehead atoms. The SMILES string of the molecule is O=C(C[C@H](c1cccs1)C(F)(F)F)c1ccccc1. The van der Waals surface area contributed by atoms with Crippen LogP contribution in [0.25, 0.3) is 0 Å². The molecule has 2 rings (SSSR count). The molecule has 2 aromatic rings. The Bertz CT molecular complexity index is 532. The Kier molecular flexibility index (Phi) is 4.04. The van der Waals surface area contributed by atoms with Crippen molar-refractivity contribution >= 4 is 17.1 Å². The predicted molar refractivity (Wildman–Crippen MR) is 68.5 cm³/mol. The average Bonchev–Trinajstić information content (AvgIpc) is 2.88. The van der Waals surface area contributed by atoms with Crippen molar-refractivity contribution in [2.75, 3.05) is 0 Å². The Hall–Kier alpha value is -1.62. The van der Waals surface area contributed by atoms with E-state index in [0.717, 1.165) is 11.3 Å². The number of Topliss-reactive ketones (excluding diaryl/α,β-unsaturated/α-hetero) is 1. The minimum Gasteiger partial charge on any atom is -0.294 e. The monoisotopic (exact) mass is 284 g/mol. The molecule has 1 heterocycles. The van der Waals surface area contributed by atoms with Gasteiger partial charge in [-0.2, -0.15) is 13.2 Å². The standard InChI is InChI=1S/C14H11F3OS/c15-14(16,17)11(13-7-4-8-19-13)9-12(18)10-5-2-1-3-6-10/h1-8,11H,9H2/t11-/m1/s1. The molecule has 0 unspecified atom stereocenters. The molecule has 0 radical (unpaired) electrons. The molecule has 0 N–H and O–H groups in total. The van der Waals surface area contributed by atoms with E-state index >= 15 is 0 Å². The number of hydrogen-bond acceptors (Lipinski definition) is 2. The Morgan fingerprint density at radius 2 is 1.79 bits per heavy atom. The number of rotatable bonds is 4. The van der Waals surface area contributed by atoms with E-state index < -0.39 is 24.3 Å². The summed E-state index contributed by atoms with van der Waals surface area (Å²) in [6.07, 6.45) is -4.96. The van der Waals surface area contributed by atoms with Crippen molar-refractivity contribution < 1.29 is 18.0 Å². The molecule has 19 heavy (non-hydrogen) atoms. The van der Waals surface area contributed by atoms with Crippen LogP contribution in [0.15, 0.2) is 47.8 Å². The largest absolute Gasteiger partial charge is 0.396 e. The predicted octanol–water partition coefficient (Wildman–Crippen LogP) is 4.67. The summed E-state index contributed by atoms with van der Waals surface area (Å²) >= 11 is 1.02. The van der Waals surface area contributed by atoms with Gasteiger partial charge in [-0.25, -0.2) is 0 Å². The molecule has 0 spiro atoms. The lowest BCUT2D eigenvalue weighted by Gasteiger charge is -2.18. The first-order valence-electron chi connectivity index (χ1n) is 5.67. The van der Waals surface area contributed by atoms with Gasteiger partial charge in [-0.1, -0.05) is 36.4 Å². The van der Waals surface area contributed by atoms with Crippen LogP contribution in [0.3, 0.4) is 0 Å². The molecule has 0 saturated heterocycles. The minimum absolute atomic E-state index is 0.178. The summed E-state index contributed by atoms with van der Waals surface area (Å²) in [5, 5.41) is 1.58. The summed E-state index contributed by atoms with van der Waals surface area (Å²) in [5.41, 5.74) is 0.313. The average molecular weight is 284 g/mol. The van der Waals surface area contributed by atoms with Crippen LogP contribution in [0.4, 0.5) is 13.2 Å². The number of halogens is 3. The molecule has 1 atom stereocenters. The number of benzene rings is 1. The second-order valence-electron chi connectivity index (χ2n) is 4.10. The molecule has 0 fully saturated rings. The highest BCUT2D eigenvalue weighted by atomic mass is 32.1. The zero-order valence-electron chi connectivity index (χ0n) is 9.85. The maximum atomic E-state index is 13.0. The van der Waals surface area contributed by atoms with Crippen molar-refractivity contribution in [3.8, 4) is 0 Å².